The number of rotatable bonds is 10. The number of phenols is 1. The Balaban J connectivity index is 0.996. The highest BCUT2D eigenvalue weighted by Crippen LogP contribution is 2.31. The number of aliphatic hydroxyl groups is 1. The maximum Gasteiger partial charge on any atom is 0.270 e. The van der Waals surface area contributed by atoms with Gasteiger partial charge in [-0.15, -0.1) is 21.5 Å². The lowest BCUT2D eigenvalue weighted by Gasteiger charge is -2.36. The van der Waals surface area contributed by atoms with E-state index in [2.05, 4.69) is 35.8 Å². The van der Waals surface area contributed by atoms with Crippen molar-refractivity contribution in [2.45, 2.75) is 65.3 Å². The van der Waals surface area contributed by atoms with Crippen LogP contribution >= 0.6 is 11.3 Å². The van der Waals surface area contributed by atoms with Gasteiger partial charge in [0.05, 0.1) is 33.8 Å². The van der Waals surface area contributed by atoms with Gasteiger partial charge in [0, 0.05) is 39.1 Å². The highest BCUT2D eigenvalue weighted by Gasteiger charge is 2.45. The summed E-state index contributed by atoms with van der Waals surface area (Å²) in [4.78, 5) is 62.0. The molecule has 3 aromatic heterocycles. The van der Waals surface area contributed by atoms with Crippen LogP contribution in [0.5, 0.6) is 5.75 Å². The van der Waals surface area contributed by atoms with E-state index in [-0.39, 0.29) is 48.0 Å². The van der Waals surface area contributed by atoms with E-state index < -0.39 is 35.4 Å². The molecule has 16 nitrogen and oxygen atoms in total. The highest BCUT2D eigenvalue weighted by molar-refractivity contribution is 7.13. The van der Waals surface area contributed by atoms with Crippen LogP contribution in [-0.2, 0) is 9.59 Å². The van der Waals surface area contributed by atoms with Gasteiger partial charge in [-0.25, -0.2) is 15.0 Å². The average Bonchev–Trinajstić information content (AvgIpc) is 3.85. The van der Waals surface area contributed by atoms with E-state index in [0.29, 0.717) is 43.4 Å². The second kappa shape index (κ2) is 17.0. The fourth-order valence-corrected chi connectivity index (χ4v) is 8.24. The summed E-state index contributed by atoms with van der Waals surface area (Å²) in [6, 6.07) is 17.5. The number of likely N-dealkylation sites (tertiary alicyclic amines) is 1. The maximum atomic E-state index is 14.3. The Morgan fingerprint density at radius 3 is 2.31 bits per heavy atom. The molecule has 0 radical (unpaired) electrons. The zero-order valence-corrected chi connectivity index (χ0v) is 34.5. The number of nitrogens with one attached hydrogen (secondary N) is 2. The lowest BCUT2D eigenvalue weighted by Crippen LogP contribution is -2.58. The number of amides is 3. The number of hydrogen-bond donors (Lipinski definition) is 5. The normalized spacial score (nSPS) is 18.0. The van der Waals surface area contributed by atoms with Gasteiger partial charge in [-0.05, 0) is 54.7 Å². The quantitative estimate of drug-likeness (QED) is 0.135. The molecule has 2 aliphatic heterocycles. The van der Waals surface area contributed by atoms with Gasteiger partial charge >= 0.3 is 0 Å². The molecule has 3 amide bonds. The van der Waals surface area contributed by atoms with Crippen LogP contribution < -0.4 is 26.2 Å². The molecule has 2 aromatic carbocycles. The summed E-state index contributed by atoms with van der Waals surface area (Å²) >= 11 is 1.57. The summed E-state index contributed by atoms with van der Waals surface area (Å²) in [7, 11) is 0. The number of aryl methyl sites for hydroxylation is 1. The number of β-amino-alcohol motifs (C(OH)–C–C–N with tert-alkyl or cyclic N) is 1. The minimum atomic E-state index is -1.03. The van der Waals surface area contributed by atoms with Crippen LogP contribution in [-0.4, -0.2) is 109 Å². The molecule has 59 heavy (non-hydrogen) atoms. The summed E-state index contributed by atoms with van der Waals surface area (Å²) in [5.74, 6) is 0.135. The molecule has 2 saturated heterocycles. The number of aromatic hydroxyl groups is 1. The number of piperazine rings is 1. The van der Waals surface area contributed by atoms with Gasteiger partial charge in [0.25, 0.3) is 5.91 Å². The second-order valence-electron chi connectivity index (χ2n) is 16.0. The van der Waals surface area contributed by atoms with Gasteiger partial charge in [-0.3, -0.25) is 14.4 Å². The number of carbonyl (C=O) groups is 3. The molecule has 17 heteroatoms. The standard InChI is InChI=1S/C42H49N11O5S/c1-24(26-13-15-27(16-14-26)34-25(2)44-23-59-34)45-40(57)31-21-28(54)22-53(31)41(58)35(42(3,4)5)47-39(56)30-10-8-12-33(46-30)51-17-19-52(20-18-51)38-36(43)49-50-37(48-38)29-9-6-7-11-32(29)55/h6-16,23-24,28,31,35,54-55H,17-22H2,1-5H3,(H2,43,49)(H,45,57)(H,47,56)/t24?,28-,31+,35?/m1/s1. The van der Waals surface area contributed by atoms with Gasteiger partial charge in [0.1, 0.15) is 29.3 Å². The largest absolute Gasteiger partial charge is 0.507 e. The van der Waals surface area contributed by atoms with Crippen molar-refractivity contribution in [3.63, 3.8) is 0 Å². The molecule has 7 rings (SSSR count). The molecular formula is C42H49N11O5S. The van der Waals surface area contributed by atoms with Crippen molar-refractivity contribution in [3.05, 3.63) is 89.2 Å². The summed E-state index contributed by atoms with van der Waals surface area (Å²) in [6.07, 6.45) is -0.823. The van der Waals surface area contributed by atoms with E-state index >= 15 is 0 Å². The van der Waals surface area contributed by atoms with Gasteiger partial charge in [0.15, 0.2) is 17.5 Å². The van der Waals surface area contributed by atoms with Crippen LogP contribution in [0.1, 0.15) is 61.9 Å². The highest BCUT2D eigenvalue weighted by atomic mass is 32.1. The summed E-state index contributed by atoms with van der Waals surface area (Å²) in [5.41, 5.74) is 10.7. The van der Waals surface area contributed by atoms with Gasteiger partial charge in [-0.2, -0.15) is 0 Å². The molecule has 308 valence electrons. The molecule has 4 atom stereocenters. The molecule has 0 aliphatic carbocycles. The van der Waals surface area contributed by atoms with Gasteiger partial charge < -0.3 is 41.3 Å². The number of carbonyl (C=O) groups excluding carboxylic acids is 3. The molecule has 0 spiro atoms. The summed E-state index contributed by atoms with van der Waals surface area (Å²) in [6.45, 7) is 11.4. The van der Waals surface area contributed by atoms with Crippen molar-refractivity contribution in [1.82, 2.24) is 40.7 Å². The van der Waals surface area contributed by atoms with E-state index in [4.69, 9.17) is 5.73 Å². The van der Waals surface area contributed by atoms with E-state index in [1.165, 1.54) is 4.90 Å². The first-order valence-corrected chi connectivity index (χ1v) is 20.4. The Hall–Kier alpha value is -6.20. The smallest absolute Gasteiger partial charge is 0.270 e. The van der Waals surface area contributed by atoms with E-state index in [0.717, 1.165) is 21.7 Å². The Morgan fingerprint density at radius 2 is 1.63 bits per heavy atom. The zero-order chi connectivity index (χ0) is 42.0. The molecule has 6 N–H and O–H groups in total. The minimum absolute atomic E-state index is 0.0382. The number of aliphatic hydroxyl groups excluding tert-OH is 1. The molecule has 5 aromatic rings. The number of para-hydroxylation sites is 1. The predicted molar refractivity (Wildman–Crippen MR) is 226 cm³/mol. The predicted octanol–water partition coefficient (Wildman–Crippen LogP) is 3.96. The fraction of sp³-hybridized carbons (Fsp3) is 0.381. The summed E-state index contributed by atoms with van der Waals surface area (Å²) < 4.78 is 0. The number of anilines is 3. The van der Waals surface area contributed by atoms with Gasteiger partial charge in [0.2, 0.25) is 11.8 Å². The van der Waals surface area contributed by atoms with Gasteiger partial charge in [-0.1, -0.05) is 63.2 Å². The number of hydrogen-bond acceptors (Lipinski definition) is 14. The number of nitrogens with zero attached hydrogens (tertiary/aromatic N) is 8. The van der Waals surface area contributed by atoms with Crippen LogP contribution in [0.3, 0.4) is 0 Å². The number of nitrogen functional groups attached to an aromatic ring is 1. The van der Waals surface area contributed by atoms with Crippen LogP contribution in [0, 0.1) is 12.3 Å². The Labute approximate surface area is 346 Å². The van der Waals surface area contributed by atoms with Crippen molar-refractivity contribution in [2.24, 2.45) is 5.41 Å². The van der Waals surface area contributed by atoms with Crippen molar-refractivity contribution in [3.8, 4) is 27.6 Å². The third-order valence-electron chi connectivity index (χ3n) is 10.7. The van der Waals surface area contributed by atoms with Crippen molar-refractivity contribution >= 4 is 46.5 Å². The topological polar surface area (TPSA) is 216 Å². The van der Waals surface area contributed by atoms with E-state index in [1.807, 2.05) is 80.3 Å². The van der Waals surface area contributed by atoms with Crippen molar-refractivity contribution in [2.75, 3.05) is 48.3 Å². The monoisotopic (exact) mass is 819 g/mol. The first kappa shape index (κ1) is 41.0. The Morgan fingerprint density at radius 1 is 0.915 bits per heavy atom. The van der Waals surface area contributed by atoms with Crippen LogP contribution in [0.4, 0.5) is 17.5 Å². The molecule has 0 bridgehead atoms. The first-order chi connectivity index (χ1) is 28.2. The second-order valence-corrected chi connectivity index (χ2v) is 16.9. The first-order valence-electron chi connectivity index (χ1n) is 19.5. The lowest BCUT2D eigenvalue weighted by atomic mass is 9.85. The zero-order valence-electron chi connectivity index (χ0n) is 33.7. The SMILES string of the molecule is Cc1ncsc1-c1ccc(C(C)NC(=O)[C@@H]2C[C@@H](O)CN2C(=O)C(NC(=O)c2cccc(N3CCN(c4nc(-c5ccccc5O)nnc4N)CC3)n2)C(C)(C)C)cc1. The molecule has 2 aliphatic rings. The lowest BCUT2D eigenvalue weighted by molar-refractivity contribution is -0.142. The number of nitrogens with two attached hydrogens (primary N) is 1. The maximum absolute atomic E-state index is 14.3. The van der Waals surface area contributed by atoms with Crippen molar-refractivity contribution < 1.29 is 24.6 Å². The number of phenolic OH excluding ortho intramolecular Hbond substituents is 1. The number of pyridine rings is 1. The molecule has 2 unspecified atom stereocenters. The third kappa shape index (κ3) is 8.95. The average molecular weight is 820 g/mol. The van der Waals surface area contributed by atoms with Crippen molar-refractivity contribution in [1.29, 1.82) is 0 Å². The fourth-order valence-electron chi connectivity index (χ4n) is 7.43. The van der Waals surface area contributed by atoms with E-state index in [1.54, 1.807) is 47.7 Å². The third-order valence-corrected chi connectivity index (χ3v) is 11.7. The van der Waals surface area contributed by atoms with Crippen LogP contribution in [0.2, 0.25) is 0 Å². The Kier molecular flexibility index (Phi) is 11.8. The molecule has 5 heterocycles. The Bertz CT molecular complexity index is 2320. The van der Waals surface area contributed by atoms with E-state index in [9.17, 15) is 24.6 Å². The van der Waals surface area contributed by atoms with Crippen LogP contribution in [0.15, 0.2) is 72.2 Å². The number of aromatic nitrogens is 5. The molecule has 0 saturated carbocycles. The van der Waals surface area contributed by atoms with Crippen LogP contribution in [0.25, 0.3) is 21.8 Å². The molecular weight excluding hydrogens is 771 g/mol. The molecule has 2 fully saturated rings. The minimum Gasteiger partial charge on any atom is -0.507 e. The summed E-state index contributed by atoms with van der Waals surface area (Å²) in [5, 5.41) is 35.1. The number of thiazole rings is 1. The number of benzene rings is 2.